The Hall–Kier alpha value is -0.610. The molecule has 0 bridgehead atoms. The van der Waals surface area contributed by atoms with Gasteiger partial charge in [0.1, 0.15) is 0 Å². The van der Waals surface area contributed by atoms with Gasteiger partial charge >= 0.3 is 0 Å². The molecule has 1 heterocycles. The number of hydrogen-bond donors (Lipinski definition) is 2. The smallest absolute Gasteiger partial charge is 0.220 e. The standard InChI is InChI=1S/C16H31N3O/c17-15-7-4-14(5-8-15)6-9-16(20)18-10-3-13-19-11-1-2-12-19/h14-15H,1-13,17H2,(H,18,20). The summed E-state index contributed by atoms with van der Waals surface area (Å²) in [5.74, 6) is 0.964. The molecular weight excluding hydrogens is 250 g/mol. The highest BCUT2D eigenvalue weighted by molar-refractivity contribution is 5.75. The highest BCUT2D eigenvalue weighted by Gasteiger charge is 2.19. The second-order valence-corrected chi connectivity index (χ2v) is 6.57. The Balaban J connectivity index is 1.45. The van der Waals surface area contributed by atoms with Crippen LogP contribution in [0, 0.1) is 5.92 Å². The van der Waals surface area contributed by atoms with Crippen LogP contribution in [-0.2, 0) is 4.79 Å². The van der Waals surface area contributed by atoms with E-state index in [0.29, 0.717) is 12.5 Å². The Morgan fingerprint density at radius 1 is 1.15 bits per heavy atom. The summed E-state index contributed by atoms with van der Waals surface area (Å²) in [5, 5.41) is 3.06. The number of rotatable bonds is 7. The van der Waals surface area contributed by atoms with E-state index >= 15 is 0 Å². The number of nitrogens with one attached hydrogen (secondary N) is 1. The molecule has 0 aromatic heterocycles. The minimum atomic E-state index is 0.237. The van der Waals surface area contributed by atoms with Crippen molar-refractivity contribution in [2.75, 3.05) is 26.2 Å². The molecule has 2 aliphatic rings. The molecule has 0 atom stereocenters. The topological polar surface area (TPSA) is 58.4 Å². The number of hydrogen-bond acceptors (Lipinski definition) is 3. The van der Waals surface area contributed by atoms with Gasteiger partial charge in [0.05, 0.1) is 0 Å². The van der Waals surface area contributed by atoms with Gasteiger partial charge in [-0.25, -0.2) is 0 Å². The first-order chi connectivity index (χ1) is 9.74. The molecule has 0 spiro atoms. The summed E-state index contributed by atoms with van der Waals surface area (Å²) >= 11 is 0. The predicted molar refractivity (Wildman–Crippen MR) is 82.5 cm³/mol. The highest BCUT2D eigenvalue weighted by atomic mass is 16.1. The van der Waals surface area contributed by atoms with Crippen LogP contribution < -0.4 is 11.1 Å². The molecule has 1 amide bonds. The first-order valence-corrected chi connectivity index (χ1v) is 8.48. The molecule has 116 valence electrons. The molecule has 1 aliphatic carbocycles. The molecule has 20 heavy (non-hydrogen) atoms. The molecule has 0 aromatic carbocycles. The van der Waals surface area contributed by atoms with E-state index in [4.69, 9.17) is 5.73 Å². The van der Waals surface area contributed by atoms with Crippen LogP contribution in [0.5, 0.6) is 0 Å². The van der Waals surface area contributed by atoms with Gasteiger partial charge in [0.15, 0.2) is 0 Å². The fraction of sp³-hybridized carbons (Fsp3) is 0.938. The van der Waals surface area contributed by atoms with Gasteiger partial charge in [0, 0.05) is 19.0 Å². The minimum absolute atomic E-state index is 0.237. The maximum Gasteiger partial charge on any atom is 0.220 e. The fourth-order valence-electron chi connectivity index (χ4n) is 3.44. The average molecular weight is 281 g/mol. The van der Waals surface area contributed by atoms with Crippen molar-refractivity contribution in [2.45, 2.75) is 63.8 Å². The monoisotopic (exact) mass is 281 g/mol. The largest absolute Gasteiger partial charge is 0.356 e. The average Bonchev–Trinajstić information content (AvgIpc) is 2.96. The Labute approximate surface area is 123 Å². The van der Waals surface area contributed by atoms with Crippen LogP contribution in [0.15, 0.2) is 0 Å². The molecule has 1 saturated carbocycles. The lowest BCUT2D eigenvalue weighted by Crippen LogP contribution is -2.30. The molecule has 0 radical (unpaired) electrons. The number of nitrogens with zero attached hydrogens (tertiary/aromatic N) is 1. The Kier molecular flexibility index (Phi) is 6.80. The van der Waals surface area contributed by atoms with E-state index in [1.165, 1.54) is 38.8 Å². The van der Waals surface area contributed by atoms with Gasteiger partial charge in [-0.05, 0) is 76.9 Å². The van der Waals surface area contributed by atoms with Gasteiger partial charge < -0.3 is 16.0 Å². The third-order valence-electron chi connectivity index (χ3n) is 4.84. The number of carbonyl (C=O) groups is 1. The minimum Gasteiger partial charge on any atom is -0.356 e. The molecule has 1 saturated heterocycles. The number of amides is 1. The maximum atomic E-state index is 11.8. The molecule has 2 fully saturated rings. The Morgan fingerprint density at radius 3 is 2.55 bits per heavy atom. The molecular formula is C16H31N3O. The molecule has 4 heteroatoms. The Bertz CT molecular complexity index is 281. The van der Waals surface area contributed by atoms with Crippen molar-refractivity contribution in [3.63, 3.8) is 0 Å². The SMILES string of the molecule is NC1CCC(CCC(=O)NCCCN2CCCC2)CC1. The van der Waals surface area contributed by atoms with E-state index < -0.39 is 0 Å². The molecule has 4 nitrogen and oxygen atoms in total. The van der Waals surface area contributed by atoms with Crippen molar-refractivity contribution in [1.82, 2.24) is 10.2 Å². The van der Waals surface area contributed by atoms with E-state index in [2.05, 4.69) is 10.2 Å². The Morgan fingerprint density at radius 2 is 1.85 bits per heavy atom. The van der Waals surface area contributed by atoms with Crippen LogP contribution in [0.25, 0.3) is 0 Å². The van der Waals surface area contributed by atoms with Crippen LogP contribution in [0.1, 0.15) is 57.8 Å². The van der Waals surface area contributed by atoms with E-state index in [1.54, 1.807) is 0 Å². The summed E-state index contributed by atoms with van der Waals surface area (Å²) in [7, 11) is 0. The van der Waals surface area contributed by atoms with Gasteiger partial charge in [-0.3, -0.25) is 4.79 Å². The van der Waals surface area contributed by atoms with Gasteiger partial charge in [0.2, 0.25) is 5.91 Å². The fourth-order valence-corrected chi connectivity index (χ4v) is 3.44. The maximum absolute atomic E-state index is 11.8. The van der Waals surface area contributed by atoms with Crippen LogP contribution in [-0.4, -0.2) is 43.0 Å². The molecule has 1 aliphatic heterocycles. The van der Waals surface area contributed by atoms with Crippen molar-refractivity contribution >= 4 is 5.91 Å². The van der Waals surface area contributed by atoms with Crippen molar-refractivity contribution in [2.24, 2.45) is 11.7 Å². The van der Waals surface area contributed by atoms with E-state index in [9.17, 15) is 4.79 Å². The molecule has 3 N–H and O–H groups in total. The predicted octanol–water partition coefficient (Wildman–Crippen LogP) is 1.89. The summed E-state index contributed by atoms with van der Waals surface area (Å²) in [4.78, 5) is 14.3. The van der Waals surface area contributed by atoms with Gasteiger partial charge in [-0.15, -0.1) is 0 Å². The molecule has 0 aromatic rings. The highest BCUT2D eigenvalue weighted by Crippen LogP contribution is 2.26. The third-order valence-corrected chi connectivity index (χ3v) is 4.84. The number of nitrogens with two attached hydrogens (primary N) is 1. The van der Waals surface area contributed by atoms with Crippen LogP contribution in [0.3, 0.4) is 0 Å². The first-order valence-electron chi connectivity index (χ1n) is 8.48. The van der Waals surface area contributed by atoms with Crippen LogP contribution >= 0.6 is 0 Å². The second-order valence-electron chi connectivity index (χ2n) is 6.57. The zero-order valence-corrected chi connectivity index (χ0v) is 12.8. The number of likely N-dealkylation sites (tertiary alicyclic amines) is 1. The summed E-state index contributed by atoms with van der Waals surface area (Å²) in [5.41, 5.74) is 5.90. The lowest BCUT2D eigenvalue weighted by atomic mass is 9.84. The van der Waals surface area contributed by atoms with Crippen molar-refractivity contribution < 1.29 is 4.79 Å². The first kappa shape index (κ1) is 15.8. The normalized spacial score (nSPS) is 27.6. The van der Waals surface area contributed by atoms with E-state index in [0.717, 1.165) is 44.7 Å². The van der Waals surface area contributed by atoms with Crippen molar-refractivity contribution in [3.8, 4) is 0 Å². The lowest BCUT2D eigenvalue weighted by molar-refractivity contribution is -0.121. The van der Waals surface area contributed by atoms with Crippen molar-refractivity contribution in [1.29, 1.82) is 0 Å². The summed E-state index contributed by atoms with van der Waals surface area (Å²) in [6, 6.07) is 0.408. The van der Waals surface area contributed by atoms with E-state index in [1.807, 2.05) is 0 Å². The van der Waals surface area contributed by atoms with Gasteiger partial charge in [0.25, 0.3) is 0 Å². The third kappa shape index (κ3) is 5.80. The summed E-state index contributed by atoms with van der Waals surface area (Å²) < 4.78 is 0. The summed E-state index contributed by atoms with van der Waals surface area (Å²) in [6.45, 7) is 4.47. The van der Waals surface area contributed by atoms with Crippen LogP contribution in [0.4, 0.5) is 0 Å². The van der Waals surface area contributed by atoms with Gasteiger partial charge in [-0.2, -0.15) is 0 Å². The van der Waals surface area contributed by atoms with Gasteiger partial charge in [-0.1, -0.05) is 0 Å². The quantitative estimate of drug-likeness (QED) is 0.701. The molecule has 2 rings (SSSR count). The zero-order valence-electron chi connectivity index (χ0n) is 12.8. The van der Waals surface area contributed by atoms with Crippen molar-refractivity contribution in [3.05, 3.63) is 0 Å². The number of carbonyl (C=O) groups excluding carboxylic acids is 1. The second kappa shape index (κ2) is 8.63. The van der Waals surface area contributed by atoms with Crippen LogP contribution in [0.2, 0.25) is 0 Å². The zero-order chi connectivity index (χ0) is 14.2. The molecule has 0 unspecified atom stereocenters. The lowest BCUT2D eigenvalue weighted by Gasteiger charge is -2.25. The van der Waals surface area contributed by atoms with E-state index in [-0.39, 0.29) is 5.91 Å². The summed E-state index contributed by atoms with van der Waals surface area (Å²) in [6.07, 6.45) is 10.2.